The lowest BCUT2D eigenvalue weighted by Crippen LogP contribution is -2.31. The van der Waals surface area contributed by atoms with E-state index in [1.54, 1.807) is 16.4 Å². The lowest BCUT2D eigenvalue weighted by atomic mass is 9.97. The van der Waals surface area contributed by atoms with Crippen molar-refractivity contribution in [1.29, 1.82) is 0 Å². The molecule has 0 aliphatic carbocycles. The Labute approximate surface area is 279 Å². The Morgan fingerprint density at radius 1 is 0.957 bits per heavy atom. The third-order valence-electron chi connectivity index (χ3n) is 8.04. The molecule has 47 heavy (non-hydrogen) atoms. The van der Waals surface area contributed by atoms with Crippen LogP contribution in [0.5, 0.6) is 0 Å². The van der Waals surface area contributed by atoms with E-state index in [1.165, 1.54) is 6.92 Å². The predicted octanol–water partition coefficient (Wildman–Crippen LogP) is 5.02. The van der Waals surface area contributed by atoms with Crippen molar-refractivity contribution in [1.82, 2.24) is 30.8 Å². The number of amides is 2. The lowest BCUT2D eigenvalue weighted by Gasteiger charge is -2.36. The Hall–Kier alpha value is -4.10. The van der Waals surface area contributed by atoms with E-state index in [0.717, 1.165) is 57.8 Å². The maximum Gasteiger partial charge on any atom is 0.220 e. The summed E-state index contributed by atoms with van der Waals surface area (Å²) in [5, 5.41) is 27.8. The highest BCUT2D eigenvalue weighted by atomic mass is 32.2. The Morgan fingerprint density at radius 2 is 1.72 bits per heavy atom. The minimum atomic E-state index is -0.573. The number of nitrogens with one attached hydrogen (secondary N) is 2. The number of thioether (sulfide) groups is 1. The van der Waals surface area contributed by atoms with Crippen molar-refractivity contribution in [3.05, 3.63) is 95.1 Å². The summed E-state index contributed by atoms with van der Waals surface area (Å²) in [4.78, 5) is 23.5. The van der Waals surface area contributed by atoms with Gasteiger partial charge in [0.2, 0.25) is 17.0 Å². The van der Waals surface area contributed by atoms with Crippen LogP contribution >= 0.6 is 11.8 Å². The molecule has 1 saturated heterocycles. The number of aromatic nitrogens is 4. The summed E-state index contributed by atoms with van der Waals surface area (Å²) in [6.07, 6.45) is 2.79. The Morgan fingerprint density at radius 3 is 2.45 bits per heavy atom. The molecular formula is C35H42N6O5S. The van der Waals surface area contributed by atoms with Gasteiger partial charge in [-0.2, -0.15) is 0 Å². The molecule has 1 fully saturated rings. The normalized spacial score (nSPS) is 17.7. The van der Waals surface area contributed by atoms with Crippen LogP contribution in [-0.4, -0.2) is 55.5 Å². The molecule has 3 atom stereocenters. The summed E-state index contributed by atoms with van der Waals surface area (Å²) in [5.41, 5.74) is 5.91. The highest BCUT2D eigenvalue weighted by Crippen LogP contribution is 2.39. The van der Waals surface area contributed by atoms with Crippen LogP contribution in [0.2, 0.25) is 0 Å². The van der Waals surface area contributed by atoms with Crippen LogP contribution in [0, 0.1) is 0 Å². The van der Waals surface area contributed by atoms with E-state index in [-0.39, 0.29) is 30.6 Å². The van der Waals surface area contributed by atoms with Gasteiger partial charge in [0.1, 0.15) is 0 Å². The van der Waals surface area contributed by atoms with E-state index in [0.29, 0.717) is 31.7 Å². The standard InChI is InChI=1S/C35H42N6O5S/c1-24(43)36-19-7-3-4-10-33(44)37-21-29-8-5-6-9-31(29)26-15-17-28(18-16-26)34-45-30(23-47-35-38-39-40-41(35)2)20-32(46-34)27-13-11-25(22-42)12-14-27/h5-6,8-9,11-18,30,32,34,42H,3-4,7,10,19-23H2,1-2H3,(H,36,43)(H,37,44). The van der Waals surface area contributed by atoms with Crippen molar-refractivity contribution < 1.29 is 24.2 Å². The zero-order valence-electron chi connectivity index (χ0n) is 26.8. The van der Waals surface area contributed by atoms with Gasteiger partial charge in [-0.25, -0.2) is 4.68 Å². The number of aryl methyl sites for hydroxylation is 1. The van der Waals surface area contributed by atoms with Gasteiger partial charge >= 0.3 is 0 Å². The van der Waals surface area contributed by atoms with Crippen molar-refractivity contribution in [2.24, 2.45) is 7.05 Å². The molecule has 3 aromatic carbocycles. The predicted molar refractivity (Wildman–Crippen MR) is 179 cm³/mol. The summed E-state index contributed by atoms with van der Waals surface area (Å²) >= 11 is 1.55. The molecule has 3 unspecified atom stereocenters. The molecule has 2 amide bonds. The number of aliphatic hydroxyl groups is 1. The molecule has 3 N–H and O–H groups in total. The zero-order chi connectivity index (χ0) is 33.0. The van der Waals surface area contributed by atoms with Crippen LogP contribution in [0.3, 0.4) is 0 Å². The van der Waals surface area contributed by atoms with Crippen LogP contribution < -0.4 is 10.6 Å². The molecule has 2 heterocycles. The van der Waals surface area contributed by atoms with Gasteiger partial charge in [-0.3, -0.25) is 9.59 Å². The average molecular weight is 659 g/mol. The minimum absolute atomic E-state index is 0.00743. The number of aliphatic hydroxyl groups excluding tert-OH is 1. The number of rotatable bonds is 15. The first-order valence-electron chi connectivity index (χ1n) is 15.9. The average Bonchev–Trinajstić information content (AvgIpc) is 3.52. The molecule has 0 bridgehead atoms. The largest absolute Gasteiger partial charge is 0.392 e. The molecule has 0 saturated carbocycles. The van der Waals surface area contributed by atoms with Crippen molar-refractivity contribution in [3.63, 3.8) is 0 Å². The molecule has 1 aromatic heterocycles. The number of unbranched alkanes of at least 4 members (excludes halogenated alkanes) is 2. The fourth-order valence-electron chi connectivity index (χ4n) is 5.44. The number of carbonyl (C=O) groups excluding carboxylic acids is 2. The van der Waals surface area contributed by atoms with Gasteiger partial charge in [0, 0.05) is 51.2 Å². The van der Waals surface area contributed by atoms with Crippen molar-refractivity contribution in [2.75, 3.05) is 12.3 Å². The molecule has 0 spiro atoms. The van der Waals surface area contributed by atoms with Crippen LogP contribution in [0.1, 0.15) is 73.7 Å². The molecule has 5 rings (SSSR count). The number of hydrogen-bond donors (Lipinski definition) is 3. The molecule has 248 valence electrons. The fraction of sp³-hybridized carbons (Fsp3) is 0.400. The summed E-state index contributed by atoms with van der Waals surface area (Å²) in [6, 6.07) is 24.1. The zero-order valence-corrected chi connectivity index (χ0v) is 27.6. The van der Waals surface area contributed by atoms with Gasteiger partial charge in [-0.1, -0.05) is 91.0 Å². The van der Waals surface area contributed by atoms with Crippen LogP contribution in [0.25, 0.3) is 11.1 Å². The lowest BCUT2D eigenvalue weighted by molar-refractivity contribution is -0.245. The molecule has 4 aromatic rings. The van der Waals surface area contributed by atoms with Crippen LogP contribution in [0.4, 0.5) is 0 Å². The van der Waals surface area contributed by atoms with Gasteiger partial charge in [-0.15, -0.1) is 5.10 Å². The molecule has 0 radical (unpaired) electrons. The van der Waals surface area contributed by atoms with Gasteiger partial charge < -0.3 is 25.2 Å². The smallest absolute Gasteiger partial charge is 0.220 e. The number of hydrogen-bond acceptors (Lipinski definition) is 9. The second-order valence-electron chi connectivity index (χ2n) is 11.6. The van der Waals surface area contributed by atoms with Gasteiger partial charge in [0.15, 0.2) is 6.29 Å². The summed E-state index contributed by atoms with van der Waals surface area (Å²) in [6.45, 7) is 2.58. The third kappa shape index (κ3) is 9.94. The van der Waals surface area contributed by atoms with Gasteiger partial charge in [-0.05, 0) is 51.1 Å². The maximum atomic E-state index is 12.5. The first-order valence-corrected chi connectivity index (χ1v) is 16.9. The van der Waals surface area contributed by atoms with E-state index in [9.17, 15) is 14.7 Å². The first kappa shape index (κ1) is 34.2. The summed E-state index contributed by atoms with van der Waals surface area (Å²) in [5.74, 6) is 0.650. The number of carbonyl (C=O) groups is 2. The monoisotopic (exact) mass is 658 g/mol. The van der Waals surface area contributed by atoms with Crippen LogP contribution in [0.15, 0.2) is 78.0 Å². The van der Waals surface area contributed by atoms with Crippen LogP contribution in [-0.2, 0) is 39.3 Å². The third-order valence-corrected chi connectivity index (χ3v) is 9.18. The first-order chi connectivity index (χ1) is 22.9. The Balaban J connectivity index is 1.23. The van der Waals surface area contributed by atoms with E-state index >= 15 is 0 Å². The number of tetrazole rings is 1. The van der Waals surface area contributed by atoms with Gasteiger partial charge in [0.25, 0.3) is 0 Å². The van der Waals surface area contributed by atoms with E-state index < -0.39 is 6.29 Å². The molecule has 12 heteroatoms. The number of ether oxygens (including phenoxy) is 2. The fourth-order valence-corrected chi connectivity index (χ4v) is 6.31. The van der Waals surface area contributed by atoms with E-state index in [4.69, 9.17) is 9.47 Å². The van der Waals surface area contributed by atoms with E-state index in [2.05, 4.69) is 44.4 Å². The van der Waals surface area contributed by atoms with Crippen molar-refractivity contribution in [2.45, 2.75) is 75.8 Å². The maximum absolute atomic E-state index is 12.5. The highest BCUT2D eigenvalue weighted by molar-refractivity contribution is 7.99. The Kier molecular flexibility index (Phi) is 12.5. The minimum Gasteiger partial charge on any atom is -0.392 e. The Bertz CT molecular complexity index is 1600. The molecule has 1 aliphatic heterocycles. The second kappa shape index (κ2) is 17.2. The summed E-state index contributed by atoms with van der Waals surface area (Å²) < 4.78 is 14.6. The highest BCUT2D eigenvalue weighted by Gasteiger charge is 2.32. The summed E-state index contributed by atoms with van der Waals surface area (Å²) in [7, 11) is 1.81. The van der Waals surface area contributed by atoms with E-state index in [1.807, 2.05) is 61.6 Å². The van der Waals surface area contributed by atoms with Gasteiger partial charge in [0.05, 0.1) is 18.8 Å². The quantitative estimate of drug-likeness (QED) is 0.119. The number of benzene rings is 3. The van der Waals surface area contributed by atoms with Crippen molar-refractivity contribution >= 4 is 23.6 Å². The topological polar surface area (TPSA) is 140 Å². The molecular weight excluding hydrogens is 616 g/mol. The number of nitrogens with zero attached hydrogens (tertiary/aromatic N) is 4. The molecule has 11 nitrogen and oxygen atoms in total. The SMILES string of the molecule is CC(=O)NCCCCCC(=O)NCc1ccccc1-c1ccc(C2OC(CSc3nnnn3C)CC(c3ccc(CO)cc3)O2)cc1. The second-order valence-corrected chi connectivity index (χ2v) is 12.6. The molecule has 1 aliphatic rings. The van der Waals surface area contributed by atoms with Crippen molar-refractivity contribution in [3.8, 4) is 11.1 Å².